The maximum Gasteiger partial charge on any atom is 0.255 e. The second-order valence-electron chi connectivity index (χ2n) is 7.21. The van der Waals surface area contributed by atoms with Crippen molar-refractivity contribution < 1.29 is 13.2 Å². The fraction of sp³-hybridized carbons (Fsp3) is 0.300. The van der Waals surface area contributed by atoms with Crippen LogP contribution in [0.3, 0.4) is 0 Å². The molecule has 1 amide bonds. The largest absolute Gasteiger partial charge is 0.321 e. The minimum Gasteiger partial charge on any atom is -0.321 e. The van der Waals surface area contributed by atoms with Gasteiger partial charge >= 0.3 is 0 Å². The lowest BCUT2D eigenvalue weighted by Gasteiger charge is -2.30. The number of carbonyl (C=O) groups excluding carboxylic acids is 1. The number of fused-ring (bicyclic) bond motifs is 1. The summed E-state index contributed by atoms with van der Waals surface area (Å²) in [4.78, 5) is 17.1. The van der Waals surface area contributed by atoms with E-state index in [9.17, 15) is 13.2 Å². The van der Waals surface area contributed by atoms with Crippen LogP contribution in [0.15, 0.2) is 46.8 Å². The Hall–Kier alpha value is -2.00. The molecule has 1 saturated heterocycles. The summed E-state index contributed by atoms with van der Waals surface area (Å²) in [6.07, 6.45) is 1.91. The normalized spacial score (nSPS) is 18.1. The van der Waals surface area contributed by atoms with Crippen LogP contribution >= 0.6 is 22.9 Å². The number of thiazole rings is 1. The van der Waals surface area contributed by atoms with Gasteiger partial charge in [0.15, 0.2) is 0 Å². The average molecular weight is 450 g/mol. The van der Waals surface area contributed by atoms with Gasteiger partial charge in [0.1, 0.15) is 5.52 Å². The van der Waals surface area contributed by atoms with Crippen molar-refractivity contribution in [2.75, 3.05) is 18.4 Å². The molecular formula is C20H20ClN3O3S2. The molecule has 1 aliphatic heterocycles. The van der Waals surface area contributed by atoms with E-state index in [-0.39, 0.29) is 10.8 Å². The number of hydrogen-bond donors (Lipinski definition) is 1. The monoisotopic (exact) mass is 449 g/mol. The summed E-state index contributed by atoms with van der Waals surface area (Å²) < 4.78 is 28.0. The molecule has 0 spiro atoms. The molecule has 9 heteroatoms. The van der Waals surface area contributed by atoms with Gasteiger partial charge in [-0.2, -0.15) is 4.31 Å². The van der Waals surface area contributed by atoms with Crippen LogP contribution in [0.2, 0.25) is 5.02 Å². The summed E-state index contributed by atoms with van der Waals surface area (Å²) in [5.41, 5.74) is 3.32. The summed E-state index contributed by atoms with van der Waals surface area (Å²) in [6.45, 7) is 3.13. The van der Waals surface area contributed by atoms with Crippen molar-refractivity contribution in [1.82, 2.24) is 9.29 Å². The van der Waals surface area contributed by atoms with Gasteiger partial charge in [-0.1, -0.05) is 18.5 Å². The lowest BCUT2D eigenvalue weighted by molar-refractivity contribution is 0.102. The van der Waals surface area contributed by atoms with Gasteiger partial charge < -0.3 is 5.32 Å². The Balaban J connectivity index is 1.53. The number of benzene rings is 2. The summed E-state index contributed by atoms with van der Waals surface area (Å²) in [6, 6.07) is 9.48. The van der Waals surface area contributed by atoms with E-state index in [1.807, 2.05) is 0 Å². The quantitative estimate of drug-likeness (QED) is 0.630. The number of anilines is 1. The second kappa shape index (κ2) is 8.02. The van der Waals surface area contributed by atoms with Gasteiger partial charge in [0.05, 0.1) is 25.8 Å². The Morgan fingerprint density at radius 2 is 2.00 bits per heavy atom. The zero-order chi connectivity index (χ0) is 20.6. The smallest absolute Gasteiger partial charge is 0.255 e. The van der Waals surface area contributed by atoms with E-state index >= 15 is 0 Å². The average Bonchev–Trinajstić information content (AvgIpc) is 3.21. The third-order valence-electron chi connectivity index (χ3n) is 5.06. The van der Waals surface area contributed by atoms with Gasteiger partial charge in [-0.3, -0.25) is 4.79 Å². The van der Waals surface area contributed by atoms with Gasteiger partial charge in [0.2, 0.25) is 10.0 Å². The highest BCUT2D eigenvalue weighted by Crippen LogP contribution is 2.32. The number of aromatic nitrogens is 1. The first-order valence-electron chi connectivity index (χ1n) is 9.29. The second-order valence-corrected chi connectivity index (χ2v) is 10.4. The predicted octanol–water partition coefficient (Wildman–Crippen LogP) is 4.62. The molecule has 0 saturated carbocycles. The van der Waals surface area contributed by atoms with Crippen molar-refractivity contribution in [2.45, 2.75) is 24.7 Å². The van der Waals surface area contributed by atoms with Crippen molar-refractivity contribution in [3.8, 4) is 0 Å². The SMILES string of the molecule is CC1CCCN(S(=O)(=O)c2ccc(C(=O)Nc3ccc(Cl)c4ncsc34)cc2)C1. The van der Waals surface area contributed by atoms with E-state index < -0.39 is 10.0 Å². The number of rotatable bonds is 4. The van der Waals surface area contributed by atoms with E-state index in [0.29, 0.717) is 40.8 Å². The molecule has 4 rings (SSSR count). The van der Waals surface area contributed by atoms with E-state index in [0.717, 1.165) is 17.5 Å². The molecule has 1 fully saturated rings. The van der Waals surface area contributed by atoms with Crippen molar-refractivity contribution >= 4 is 54.8 Å². The van der Waals surface area contributed by atoms with E-state index in [2.05, 4.69) is 17.2 Å². The summed E-state index contributed by atoms with van der Waals surface area (Å²) in [5.74, 6) is 0.0316. The summed E-state index contributed by atoms with van der Waals surface area (Å²) in [5, 5.41) is 3.38. The molecule has 0 radical (unpaired) electrons. The first-order valence-corrected chi connectivity index (χ1v) is 12.0. The molecule has 1 unspecified atom stereocenters. The van der Waals surface area contributed by atoms with Gasteiger partial charge in [-0.25, -0.2) is 13.4 Å². The summed E-state index contributed by atoms with van der Waals surface area (Å²) >= 11 is 7.52. The molecule has 1 aliphatic rings. The molecule has 1 N–H and O–H groups in total. The molecule has 2 heterocycles. The van der Waals surface area contributed by atoms with Crippen molar-refractivity contribution in [3.05, 3.63) is 52.5 Å². The topological polar surface area (TPSA) is 79.4 Å². The molecule has 3 aromatic rings. The number of hydrogen-bond acceptors (Lipinski definition) is 5. The highest BCUT2D eigenvalue weighted by molar-refractivity contribution is 7.89. The predicted molar refractivity (Wildman–Crippen MR) is 116 cm³/mol. The minimum atomic E-state index is -3.54. The van der Waals surface area contributed by atoms with Crippen LogP contribution in [-0.4, -0.2) is 36.7 Å². The van der Waals surface area contributed by atoms with Gasteiger partial charge in [0, 0.05) is 18.7 Å². The van der Waals surface area contributed by atoms with Crippen molar-refractivity contribution in [2.24, 2.45) is 5.92 Å². The number of halogens is 1. The summed E-state index contributed by atoms with van der Waals surface area (Å²) in [7, 11) is -3.54. The van der Waals surface area contributed by atoms with Crippen LogP contribution in [0, 0.1) is 5.92 Å². The Morgan fingerprint density at radius 3 is 2.72 bits per heavy atom. The number of sulfonamides is 1. The van der Waals surface area contributed by atoms with Crippen LogP contribution in [0.5, 0.6) is 0 Å². The maximum absolute atomic E-state index is 12.9. The molecular weight excluding hydrogens is 430 g/mol. The van der Waals surface area contributed by atoms with E-state index in [1.54, 1.807) is 17.6 Å². The Kier molecular flexibility index (Phi) is 5.61. The van der Waals surface area contributed by atoms with Gasteiger partial charge in [-0.15, -0.1) is 11.3 Å². The van der Waals surface area contributed by atoms with Crippen LogP contribution in [0.1, 0.15) is 30.1 Å². The van der Waals surface area contributed by atoms with Crippen LogP contribution in [0.4, 0.5) is 5.69 Å². The third kappa shape index (κ3) is 4.02. The van der Waals surface area contributed by atoms with Crippen LogP contribution < -0.4 is 5.32 Å². The molecule has 6 nitrogen and oxygen atoms in total. The number of piperidine rings is 1. The number of nitrogens with one attached hydrogen (secondary N) is 1. The highest BCUT2D eigenvalue weighted by Gasteiger charge is 2.28. The van der Waals surface area contributed by atoms with E-state index in [4.69, 9.17) is 11.6 Å². The van der Waals surface area contributed by atoms with E-state index in [1.165, 1.54) is 39.9 Å². The number of amides is 1. The minimum absolute atomic E-state index is 0.208. The Morgan fingerprint density at radius 1 is 1.24 bits per heavy atom. The zero-order valence-corrected chi connectivity index (χ0v) is 18.1. The molecule has 152 valence electrons. The zero-order valence-electron chi connectivity index (χ0n) is 15.8. The third-order valence-corrected chi connectivity index (χ3v) is 8.10. The lowest BCUT2D eigenvalue weighted by atomic mass is 10.0. The Labute approximate surface area is 178 Å². The maximum atomic E-state index is 12.9. The molecule has 1 aromatic heterocycles. The lowest BCUT2D eigenvalue weighted by Crippen LogP contribution is -2.39. The molecule has 29 heavy (non-hydrogen) atoms. The molecule has 0 aliphatic carbocycles. The van der Waals surface area contributed by atoms with Gasteiger partial charge in [0.25, 0.3) is 5.91 Å². The standard InChI is InChI=1S/C20H20ClN3O3S2/c1-13-3-2-10-24(11-13)29(26,27)15-6-4-14(5-7-15)20(25)23-17-9-8-16(21)18-19(17)28-12-22-18/h4-9,12-13H,2-3,10-11H2,1H3,(H,23,25). The van der Waals surface area contributed by atoms with Crippen molar-refractivity contribution in [3.63, 3.8) is 0 Å². The fourth-order valence-electron chi connectivity index (χ4n) is 3.50. The number of carbonyl (C=O) groups is 1. The molecule has 0 bridgehead atoms. The highest BCUT2D eigenvalue weighted by atomic mass is 35.5. The first-order chi connectivity index (χ1) is 13.9. The first kappa shape index (κ1) is 20.3. The van der Waals surface area contributed by atoms with Gasteiger partial charge in [-0.05, 0) is 55.2 Å². The number of nitrogens with zero attached hydrogens (tertiary/aromatic N) is 2. The molecule has 1 atom stereocenters. The fourth-order valence-corrected chi connectivity index (χ4v) is 6.15. The molecule has 2 aromatic carbocycles. The van der Waals surface area contributed by atoms with Crippen LogP contribution in [0.25, 0.3) is 10.2 Å². The van der Waals surface area contributed by atoms with Crippen molar-refractivity contribution in [1.29, 1.82) is 0 Å². The van der Waals surface area contributed by atoms with Crippen LogP contribution in [-0.2, 0) is 10.0 Å². The Bertz CT molecular complexity index is 1160.